The summed E-state index contributed by atoms with van der Waals surface area (Å²) >= 11 is 0. The van der Waals surface area contributed by atoms with Crippen LogP contribution in [0.5, 0.6) is 5.75 Å². The van der Waals surface area contributed by atoms with Gasteiger partial charge in [-0.15, -0.1) is 20.2 Å². The molecule has 0 bridgehead atoms. The Hall–Kier alpha value is -2.82. The van der Waals surface area contributed by atoms with Crippen LogP contribution in [-0.4, -0.2) is 97.5 Å². The molecule has 0 aromatic heterocycles. The molecule has 0 aliphatic carbocycles. The average Bonchev–Trinajstić information content (AvgIpc) is 3.44. The number of rotatable bonds is 16. The van der Waals surface area contributed by atoms with E-state index in [4.69, 9.17) is 23.7 Å². The van der Waals surface area contributed by atoms with Crippen molar-refractivity contribution in [2.24, 2.45) is 0 Å². The van der Waals surface area contributed by atoms with E-state index in [2.05, 4.69) is 15.0 Å². The van der Waals surface area contributed by atoms with Gasteiger partial charge < -0.3 is 43.8 Å². The lowest BCUT2D eigenvalue weighted by molar-refractivity contribution is -0.769. The predicted molar refractivity (Wildman–Crippen MR) is 135 cm³/mol. The number of aliphatic hydroxyl groups is 1. The van der Waals surface area contributed by atoms with E-state index >= 15 is 0 Å². The van der Waals surface area contributed by atoms with E-state index in [-0.39, 0.29) is 25.9 Å². The molecule has 2 N–H and O–H groups in total. The van der Waals surface area contributed by atoms with E-state index in [9.17, 15) is 25.3 Å². The number of hydrogen-bond acceptors (Lipinski definition) is 13. The Labute approximate surface area is 226 Å². The number of ether oxygens (including phenoxy) is 5. The van der Waals surface area contributed by atoms with Gasteiger partial charge in [-0.2, -0.15) is 0 Å². The van der Waals surface area contributed by atoms with Gasteiger partial charge in [-0.05, 0) is 31.5 Å². The number of nitrogens with zero attached hydrogens (tertiary/aromatic N) is 2. The zero-order valence-corrected chi connectivity index (χ0v) is 22.6. The third kappa shape index (κ3) is 12.7. The summed E-state index contributed by atoms with van der Waals surface area (Å²) in [6.45, 7) is 10.6. The van der Waals surface area contributed by atoms with Gasteiger partial charge >= 0.3 is 0 Å². The van der Waals surface area contributed by atoms with Crippen LogP contribution in [0.3, 0.4) is 0 Å². The number of benzene rings is 1. The van der Waals surface area contributed by atoms with E-state index in [0.29, 0.717) is 32.4 Å². The Bertz CT molecular complexity index is 827. The number of fused-ring (bicyclic) bond motifs is 1. The molecule has 1 aromatic carbocycles. The van der Waals surface area contributed by atoms with Gasteiger partial charge in [0.2, 0.25) is 0 Å². The quantitative estimate of drug-likeness (QED) is 0.167. The van der Waals surface area contributed by atoms with Crippen molar-refractivity contribution in [3.05, 3.63) is 50.1 Å². The van der Waals surface area contributed by atoms with Crippen LogP contribution in [-0.2, 0) is 35.2 Å². The third-order valence-electron chi connectivity index (χ3n) is 5.48. The molecular weight excluding hydrogens is 522 g/mol. The van der Waals surface area contributed by atoms with Crippen molar-refractivity contribution in [3.63, 3.8) is 0 Å². The summed E-state index contributed by atoms with van der Waals surface area (Å²) in [5.41, 5.74) is 1.09. The van der Waals surface area contributed by atoms with Crippen molar-refractivity contribution in [1.82, 2.24) is 5.32 Å². The smallest absolute Gasteiger partial charge is 0.294 e. The Morgan fingerprint density at radius 1 is 0.974 bits per heavy atom. The summed E-state index contributed by atoms with van der Waals surface area (Å²) in [5.74, 6) is 0.750. The van der Waals surface area contributed by atoms with E-state index in [1.54, 1.807) is 0 Å². The van der Waals surface area contributed by atoms with Gasteiger partial charge in [0.15, 0.2) is 12.2 Å². The van der Waals surface area contributed by atoms with Crippen LogP contribution >= 0.6 is 0 Å². The Kier molecular flexibility index (Phi) is 14.1. The predicted octanol–water partition coefficient (Wildman–Crippen LogP) is 1.30. The van der Waals surface area contributed by atoms with Crippen LogP contribution in [0.1, 0.15) is 33.3 Å². The summed E-state index contributed by atoms with van der Waals surface area (Å²) < 4.78 is 26.8. The molecule has 2 aliphatic rings. The van der Waals surface area contributed by atoms with Crippen LogP contribution in [0, 0.1) is 20.2 Å². The van der Waals surface area contributed by atoms with Gasteiger partial charge in [-0.3, -0.25) is 0 Å². The van der Waals surface area contributed by atoms with E-state index in [1.165, 1.54) is 0 Å². The number of nitrogens with one attached hydrogen (secondary N) is 1. The van der Waals surface area contributed by atoms with Crippen LogP contribution < -0.4 is 10.1 Å². The lowest BCUT2D eigenvalue weighted by atomic mass is 10.1. The second-order valence-corrected chi connectivity index (χ2v) is 9.47. The summed E-state index contributed by atoms with van der Waals surface area (Å²) in [4.78, 5) is 28.9. The molecule has 222 valence electrons. The molecule has 15 nitrogen and oxygen atoms in total. The topological polar surface area (TPSA) is 183 Å². The second-order valence-electron chi connectivity index (χ2n) is 9.47. The molecule has 3 rings (SSSR count). The molecule has 0 radical (unpaired) electrons. The maximum absolute atomic E-state index is 10.1. The van der Waals surface area contributed by atoms with Crippen LogP contribution in [0.25, 0.3) is 0 Å². The van der Waals surface area contributed by atoms with E-state index < -0.39 is 40.7 Å². The summed E-state index contributed by atoms with van der Waals surface area (Å²) in [7, 11) is 0. The molecule has 2 heterocycles. The molecule has 5 atom stereocenters. The van der Waals surface area contributed by atoms with E-state index in [0.717, 1.165) is 11.3 Å². The van der Waals surface area contributed by atoms with Crippen LogP contribution in [0.4, 0.5) is 0 Å². The van der Waals surface area contributed by atoms with Gasteiger partial charge in [0.1, 0.15) is 30.7 Å². The molecular formula is C24H39N3O12. The highest BCUT2D eigenvalue weighted by molar-refractivity contribution is 5.26. The normalized spacial score (nSPS) is 22.6. The van der Waals surface area contributed by atoms with Crippen LogP contribution in [0.2, 0.25) is 0 Å². The summed E-state index contributed by atoms with van der Waals surface area (Å²) in [5, 5.41) is 31.4. The lowest BCUT2D eigenvalue weighted by Gasteiger charge is -2.15. The fraction of sp³-hybridized carbons (Fsp3) is 0.750. The number of aliphatic hydroxyl groups excluding tert-OH is 1. The third-order valence-corrected chi connectivity index (χ3v) is 5.48. The first-order valence-corrected chi connectivity index (χ1v) is 12.7. The Balaban J connectivity index is 0.000000290. The highest BCUT2D eigenvalue weighted by Gasteiger charge is 2.51. The van der Waals surface area contributed by atoms with Crippen molar-refractivity contribution in [3.8, 4) is 5.75 Å². The van der Waals surface area contributed by atoms with E-state index in [1.807, 2.05) is 52.0 Å². The highest BCUT2D eigenvalue weighted by Crippen LogP contribution is 2.30. The fourth-order valence-electron chi connectivity index (χ4n) is 3.67. The first-order chi connectivity index (χ1) is 18.5. The molecule has 2 aliphatic heterocycles. The van der Waals surface area contributed by atoms with Crippen molar-refractivity contribution in [1.29, 1.82) is 0 Å². The standard InChI is InChI=1S/C18H31NO4.C6H8N2O8/c1-14(2)19-11-17(20)13-23-18-7-5-16(6-8-18)12-21-9-10-22-15(3)4;9-7(10)15-3-1-13-6-4(16-8(11)12)2-14-5(3)6/h5-8,14-15,17,19-20H,9-13H2,1-4H3;3-6H,1-2H2/t;3-,4+,5-,6-/m.1/s1. The molecule has 1 unspecified atom stereocenters. The first kappa shape index (κ1) is 32.4. The SMILES string of the molecule is CC(C)NCC(O)COc1ccc(COCCOC(C)C)cc1.O=[N+]([O-])O[C@H]1CO[C@H]2[C@@H]1OC[C@H]2O[N+](=O)[O-]. The summed E-state index contributed by atoms with van der Waals surface area (Å²) in [6, 6.07) is 8.09. The van der Waals surface area contributed by atoms with Crippen molar-refractivity contribution in [2.45, 2.75) is 77.0 Å². The minimum absolute atomic E-state index is 0.0477. The monoisotopic (exact) mass is 561 g/mol. The molecule has 39 heavy (non-hydrogen) atoms. The molecule has 0 saturated carbocycles. The lowest BCUT2D eigenvalue weighted by Crippen LogP contribution is -2.35. The maximum Gasteiger partial charge on any atom is 0.294 e. The fourth-order valence-corrected chi connectivity index (χ4v) is 3.67. The average molecular weight is 562 g/mol. The first-order valence-electron chi connectivity index (χ1n) is 12.7. The minimum atomic E-state index is -0.943. The van der Waals surface area contributed by atoms with Gasteiger partial charge in [-0.25, -0.2) is 0 Å². The largest absolute Gasteiger partial charge is 0.491 e. The second kappa shape index (κ2) is 17.0. The number of hydrogen-bond donors (Lipinski definition) is 2. The Morgan fingerprint density at radius 3 is 2.03 bits per heavy atom. The highest BCUT2D eigenvalue weighted by atomic mass is 17.0. The molecule has 2 saturated heterocycles. The molecule has 0 amide bonds. The van der Waals surface area contributed by atoms with Crippen molar-refractivity contribution in [2.75, 3.05) is 39.6 Å². The van der Waals surface area contributed by atoms with Gasteiger partial charge in [0, 0.05) is 12.6 Å². The molecule has 0 spiro atoms. The maximum atomic E-state index is 10.1. The molecule has 15 heteroatoms. The van der Waals surface area contributed by atoms with Gasteiger partial charge in [-0.1, -0.05) is 26.0 Å². The minimum Gasteiger partial charge on any atom is -0.491 e. The molecule has 2 fully saturated rings. The zero-order chi connectivity index (χ0) is 28.8. The summed E-state index contributed by atoms with van der Waals surface area (Å²) in [6.07, 6.45) is -3.39. The molecule has 1 aromatic rings. The van der Waals surface area contributed by atoms with Gasteiger partial charge in [0.25, 0.3) is 10.2 Å². The van der Waals surface area contributed by atoms with Crippen molar-refractivity contribution >= 4 is 0 Å². The zero-order valence-electron chi connectivity index (χ0n) is 22.6. The van der Waals surface area contributed by atoms with Crippen LogP contribution in [0.15, 0.2) is 24.3 Å². The van der Waals surface area contributed by atoms with Gasteiger partial charge in [0.05, 0.1) is 39.1 Å². The Morgan fingerprint density at radius 2 is 1.54 bits per heavy atom. The van der Waals surface area contributed by atoms with Crippen molar-refractivity contribution < 1.29 is 48.6 Å².